The molecule has 0 saturated heterocycles. The average Bonchev–Trinajstić information content (AvgIpc) is 3.15. The second-order valence-electron chi connectivity index (χ2n) is 6.74. The first-order valence-corrected chi connectivity index (χ1v) is 10.5. The topological polar surface area (TPSA) is 121 Å². The molecule has 162 valence electrons. The van der Waals surface area contributed by atoms with E-state index in [0.29, 0.717) is 12.8 Å². The van der Waals surface area contributed by atoms with Gasteiger partial charge in [0.1, 0.15) is 6.61 Å². The van der Waals surface area contributed by atoms with Crippen molar-refractivity contribution in [3.05, 3.63) is 70.0 Å². The van der Waals surface area contributed by atoms with E-state index in [1.54, 1.807) is 12.4 Å². The maximum absolute atomic E-state index is 12.3. The van der Waals surface area contributed by atoms with E-state index < -0.39 is 5.09 Å². The van der Waals surface area contributed by atoms with Crippen molar-refractivity contribution in [2.45, 2.75) is 32.3 Å². The number of carbonyl (C=O) groups excluding carboxylic acids is 2. The number of nitrogens with one attached hydrogen (secondary N) is 1. The van der Waals surface area contributed by atoms with Gasteiger partial charge in [-0.05, 0) is 41.5 Å². The summed E-state index contributed by atoms with van der Waals surface area (Å²) in [4.78, 5) is 42.3. The molecule has 3 aromatic rings. The highest BCUT2D eigenvalue weighted by atomic mass is 32.1. The van der Waals surface area contributed by atoms with Crippen molar-refractivity contribution >= 4 is 38.3 Å². The molecule has 1 aromatic carbocycles. The molecule has 0 aliphatic rings. The number of nitrogens with zero attached hydrogens (tertiary/aromatic N) is 2. The van der Waals surface area contributed by atoms with Crippen LogP contribution in [-0.4, -0.2) is 28.6 Å². The molecule has 2 aromatic heterocycles. The fraction of sp³-hybridized carbons (Fsp3) is 0.286. The van der Waals surface area contributed by atoms with E-state index in [1.807, 2.05) is 36.4 Å². The third-order valence-electron chi connectivity index (χ3n) is 4.35. The summed E-state index contributed by atoms with van der Waals surface area (Å²) in [6.45, 7) is 0.0992. The number of unbranched alkanes of at least 4 members (excludes halogenated alkanes) is 1. The van der Waals surface area contributed by atoms with Crippen molar-refractivity contribution in [2.24, 2.45) is 0 Å². The number of amides is 1. The summed E-state index contributed by atoms with van der Waals surface area (Å²) in [6, 6.07) is 11.1. The molecule has 0 aliphatic heterocycles. The Labute approximate surface area is 182 Å². The van der Waals surface area contributed by atoms with Gasteiger partial charge in [-0.2, -0.15) is 0 Å². The van der Waals surface area contributed by atoms with Gasteiger partial charge in [0.05, 0.1) is 22.7 Å². The van der Waals surface area contributed by atoms with Crippen LogP contribution in [0.2, 0.25) is 0 Å². The second-order valence-corrected chi connectivity index (χ2v) is 7.82. The smallest absolute Gasteiger partial charge is 0.306 e. The minimum Gasteiger partial charge on any atom is -0.461 e. The Balaban J connectivity index is 1.38. The number of thiophene rings is 1. The second kappa shape index (κ2) is 11.0. The standard InChI is InChI=1S/C21H21N3O6S/c25-19(23-20-12-17-8-9-22-13-18(17)31-20)11-15-4-6-16(7-5-15)14-29-21(26)3-1-2-10-30-24(27)28/h4-9,12-13H,1-3,10-11,14H2,(H,23,25). The molecular formula is C21H21N3O6S. The van der Waals surface area contributed by atoms with Gasteiger partial charge in [0, 0.05) is 18.8 Å². The summed E-state index contributed by atoms with van der Waals surface area (Å²) >= 11 is 1.48. The van der Waals surface area contributed by atoms with E-state index in [1.165, 1.54) is 11.3 Å². The van der Waals surface area contributed by atoms with Crippen molar-refractivity contribution in [1.82, 2.24) is 4.98 Å². The maximum Gasteiger partial charge on any atom is 0.306 e. The number of rotatable bonds is 11. The molecule has 3 rings (SSSR count). The maximum atomic E-state index is 12.3. The van der Waals surface area contributed by atoms with Crippen molar-refractivity contribution in [3.63, 3.8) is 0 Å². The molecule has 2 heterocycles. The summed E-state index contributed by atoms with van der Waals surface area (Å²) in [6.07, 6.45) is 4.76. The predicted molar refractivity (Wildman–Crippen MR) is 115 cm³/mol. The van der Waals surface area contributed by atoms with Crippen LogP contribution in [-0.2, 0) is 32.2 Å². The fourth-order valence-electron chi connectivity index (χ4n) is 2.81. The molecule has 0 saturated carbocycles. The zero-order chi connectivity index (χ0) is 22.1. The van der Waals surface area contributed by atoms with Gasteiger partial charge in [-0.25, -0.2) is 0 Å². The number of esters is 1. The van der Waals surface area contributed by atoms with Gasteiger partial charge in [0.25, 0.3) is 5.09 Å². The largest absolute Gasteiger partial charge is 0.461 e. The first-order valence-electron chi connectivity index (χ1n) is 9.64. The third-order valence-corrected chi connectivity index (χ3v) is 5.35. The van der Waals surface area contributed by atoms with Crippen LogP contribution in [0.5, 0.6) is 0 Å². The Morgan fingerprint density at radius 1 is 1.13 bits per heavy atom. The van der Waals surface area contributed by atoms with E-state index >= 15 is 0 Å². The summed E-state index contributed by atoms with van der Waals surface area (Å²) in [7, 11) is 0. The third kappa shape index (κ3) is 7.34. The quantitative estimate of drug-likeness (QED) is 0.206. The lowest BCUT2D eigenvalue weighted by molar-refractivity contribution is -0.757. The van der Waals surface area contributed by atoms with Crippen LogP contribution >= 0.6 is 11.3 Å². The number of benzene rings is 1. The van der Waals surface area contributed by atoms with Crippen molar-refractivity contribution in [2.75, 3.05) is 11.9 Å². The van der Waals surface area contributed by atoms with Crippen LogP contribution in [0.3, 0.4) is 0 Å². The summed E-state index contributed by atoms with van der Waals surface area (Å²) in [5.74, 6) is -0.483. The normalized spacial score (nSPS) is 10.6. The number of ether oxygens (including phenoxy) is 1. The Morgan fingerprint density at radius 2 is 1.90 bits per heavy atom. The van der Waals surface area contributed by atoms with Crippen LogP contribution in [0, 0.1) is 10.1 Å². The zero-order valence-electron chi connectivity index (χ0n) is 16.6. The molecule has 0 aliphatic carbocycles. The number of hydrogen-bond acceptors (Lipinski definition) is 8. The molecule has 9 nitrogen and oxygen atoms in total. The number of aromatic nitrogens is 1. The molecule has 0 radical (unpaired) electrons. The lowest BCUT2D eigenvalue weighted by Crippen LogP contribution is -2.13. The van der Waals surface area contributed by atoms with Crippen LogP contribution < -0.4 is 5.32 Å². The van der Waals surface area contributed by atoms with E-state index in [-0.39, 0.29) is 37.9 Å². The monoisotopic (exact) mass is 443 g/mol. The fourth-order valence-corrected chi connectivity index (χ4v) is 3.76. The molecule has 31 heavy (non-hydrogen) atoms. The molecule has 0 bridgehead atoms. The van der Waals surface area contributed by atoms with Gasteiger partial charge < -0.3 is 14.9 Å². The Kier molecular flexibility index (Phi) is 7.88. The lowest BCUT2D eigenvalue weighted by Gasteiger charge is -2.07. The van der Waals surface area contributed by atoms with Crippen molar-refractivity contribution in [3.8, 4) is 0 Å². The molecule has 1 amide bonds. The highest BCUT2D eigenvalue weighted by Gasteiger charge is 2.08. The number of anilines is 1. The SMILES string of the molecule is O=C(Cc1ccc(COC(=O)CCCCO[N+](=O)[O-])cc1)Nc1cc2ccncc2s1. The van der Waals surface area contributed by atoms with Crippen LogP contribution in [0.1, 0.15) is 30.4 Å². The van der Waals surface area contributed by atoms with Crippen molar-refractivity contribution in [1.29, 1.82) is 0 Å². The first kappa shape index (κ1) is 22.2. The van der Waals surface area contributed by atoms with Crippen LogP contribution in [0.15, 0.2) is 48.8 Å². The molecule has 0 unspecified atom stereocenters. The zero-order valence-corrected chi connectivity index (χ0v) is 17.4. The highest BCUT2D eigenvalue weighted by molar-refractivity contribution is 7.22. The van der Waals surface area contributed by atoms with Gasteiger partial charge in [0.2, 0.25) is 5.91 Å². The van der Waals surface area contributed by atoms with E-state index in [2.05, 4.69) is 15.1 Å². The molecule has 0 fully saturated rings. The van der Waals surface area contributed by atoms with Gasteiger partial charge in [-0.3, -0.25) is 14.6 Å². The molecule has 0 atom stereocenters. The minimum atomic E-state index is -0.854. The predicted octanol–water partition coefficient (Wildman–Crippen LogP) is 3.90. The van der Waals surface area contributed by atoms with Crippen molar-refractivity contribution < 1.29 is 24.3 Å². The first-order chi connectivity index (χ1) is 15.0. The Hall–Kier alpha value is -3.53. The Morgan fingerprint density at radius 3 is 2.65 bits per heavy atom. The number of pyridine rings is 1. The average molecular weight is 443 g/mol. The van der Waals surface area contributed by atoms with Gasteiger partial charge >= 0.3 is 5.97 Å². The van der Waals surface area contributed by atoms with Crippen LogP contribution in [0.25, 0.3) is 10.1 Å². The molecular weight excluding hydrogens is 422 g/mol. The Bertz CT molecular complexity index is 1020. The summed E-state index contributed by atoms with van der Waals surface area (Å²) < 4.78 is 6.20. The minimum absolute atomic E-state index is 0.0323. The summed E-state index contributed by atoms with van der Waals surface area (Å²) in [5.41, 5.74) is 1.66. The summed E-state index contributed by atoms with van der Waals surface area (Å²) in [5, 5.41) is 13.9. The van der Waals surface area contributed by atoms with Gasteiger partial charge in [0.15, 0.2) is 0 Å². The van der Waals surface area contributed by atoms with E-state index in [4.69, 9.17) is 4.74 Å². The van der Waals surface area contributed by atoms with E-state index in [0.717, 1.165) is 26.2 Å². The molecule has 10 heteroatoms. The molecule has 1 N–H and O–H groups in total. The number of hydrogen-bond donors (Lipinski definition) is 1. The van der Waals surface area contributed by atoms with Gasteiger partial charge in [-0.15, -0.1) is 21.5 Å². The number of carbonyl (C=O) groups is 2. The van der Waals surface area contributed by atoms with Gasteiger partial charge in [-0.1, -0.05) is 24.3 Å². The highest BCUT2D eigenvalue weighted by Crippen LogP contribution is 2.28. The number of fused-ring (bicyclic) bond motifs is 1. The van der Waals surface area contributed by atoms with Crippen LogP contribution in [0.4, 0.5) is 5.00 Å². The van der Waals surface area contributed by atoms with E-state index in [9.17, 15) is 19.7 Å². The molecule has 0 spiro atoms. The lowest BCUT2D eigenvalue weighted by atomic mass is 10.1.